The number of rotatable bonds is 8. The fourth-order valence-electron chi connectivity index (χ4n) is 2.54. The molecule has 0 radical (unpaired) electrons. The summed E-state index contributed by atoms with van der Waals surface area (Å²) in [5, 5.41) is 9.35. The number of nitrogens with one attached hydrogen (secondary N) is 3. The minimum absolute atomic E-state index is 0.704. The fraction of sp³-hybridized carbons (Fsp3) is 0.348. The number of carbonyl (C=O) groups is 1. The molecule has 148 valence electrons. The smallest absolute Gasteiger partial charge is 0.211 e. The van der Waals surface area contributed by atoms with Crippen LogP contribution in [0.2, 0.25) is 0 Å². The molecule has 0 saturated heterocycles. The first-order valence-corrected chi connectivity index (χ1v) is 9.76. The summed E-state index contributed by atoms with van der Waals surface area (Å²) in [6.07, 6.45) is 3.54. The third-order valence-corrected chi connectivity index (χ3v) is 3.68. The van der Waals surface area contributed by atoms with Gasteiger partial charge >= 0.3 is 0 Å². The number of benzene rings is 2. The highest BCUT2D eigenvalue weighted by Gasteiger charge is 2.11. The number of hydrogen-bond donors (Lipinski definition) is 3. The molecule has 0 spiro atoms. The maximum Gasteiger partial charge on any atom is 0.211 e. The van der Waals surface area contributed by atoms with Crippen molar-refractivity contribution in [2.24, 2.45) is 0 Å². The van der Waals surface area contributed by atoms with Crippen LogP contribution in [0.15, 0.2) is 43.0 Å². The van der Waals surface area contributed by atoms with Gasteiger partial charge in [-0.05, 0) is 35.7 Å². The normalized spacial score (nSPS) is 8.96. The Bertz CT molecular complexity index is 696. The third-order valence-electron chi connectivity index (χ3n) is 3.68. The number of hydrogen-bond acceptors (Lipinski definition) is 3. The van der Waals surface area contributed by atoms with Crippen LogP contribution in [-0.4, -0.2) is 20.0 Å². The van der Waals surface area contributed by atoms with Crippen LogP contribution in [0.25, 0.3) is 17.2 Å². The third kappa shape index (κ3) is 6.81. The van der Waals surface area contributed by atoms with Gasteiger partial charge in [0, 0.05) is 24.8 Å². The molecule has 0 bridgehead atoms. The molecule has 4 nitrogen and oxygen atoms in total. The van der Waals surface area contributed by atoms with E-state index in [2.05, 4.69) is 47.7 Å². The van der Waals surface area contributed by atoms with E-state index in [-0.39, 0.29) is 0 Å². The predicted molar refractivity (Wildman–Crippen MR) is 123 cm³/mol. The van der Waals surface area contributed by atoms with Crippen LogP contribution in [0.4, 0.5) is 17.1 Å². The SMILES string of the molecule is C=Cc1cc(-c2cccc(NC=O)c2NCCC)ccc1NC.CC.CC. The summed E-state index contributed by atoms with van der Waals surface area (Å²) < 4.78 is 0. The van der Waals surface area contributed by atoms with Gasteiger partial charge in [0.1, 0.15) is 0 Å². The van der Waals surface area contributed by atoms with Crippen molar-refractivity contribution in [3.8, 4) is 11.1 Å². The summed E-state index contributed by atoms with van der Waals surface area (Å²) in [6, 6.07) is 12.1. The topological polar surface area (TPSA) is 53.2 Å². The maximum absolute atomic E-state index is 10.9. The van der Waals surface area contributed by atoms with E-state index in [1.807, 2.05) is 59.0 Å². The molecule has 0 atom stereocenters. The molecule has 0 aromatic heterocycles. The van der Waals surface area contributed by atoms with Crippen molar-refractivity contribution < 1.29 is 4.79 Å². The fourth-order valence-corrected chi connectivity index (χ4v) is 2.54. The van der Waals surface area contributed by atoms with E-state index in [1.54, 1.807) is 0 Å². The minimum atomic E-state index is 0.704. The number of para-hydroxylation sites is 1. The molecule has 0 aliphatic heterocycles. The van der Waals surface area contributed by atoms with Gasteiger partial charge in [-0.1, -0.05) is 65.5 Å². The molecule has 1 amide bonds. The van der Waals surface area contributed by atoms with Crippen molar-refractivity contribution in [1.29, 1.82) is 0 Å². The molecule has 3 N–H and O–H groups in total. The first-order valence-electron chi connectivity index (χ1n) is 9.76. The molecular weight excluding hydrogens is 334 g/mol. The van der Waals surface area contributed by atoms with Gasteiger partial charge in [-0.2, -0.15) is 0 Å². The standard InChI is InChI=1S/C19H23N3O.2C2H6/c1-4-11-21-19-16(7-6-8-18(19)22-13-23)15-9-10-17(20-3)14(5-2)12-15;2*1-2/h5-10,12-13,20-21H,2,4,11H2,1,3H3,(H,22,23);2*1-2H3. The van der Waals surface area contributed by atoms with Crippen LogP contribution in [-0.2, 0) is 4.79 Å². The molecule has 2 rings (SSSR count). The maximum atomic E-state index is 10.9. The lowest BCUT2D eigenvalue weighted by molar-refractivity contribution is -0.105. The van der Waals surface area contributed by atoms with Gasteiger partial charge in [-0.15, -0.1) is 0 Å². The second kappa shape index (κ2) is 14.4. The van der Waals surface area contributed by atoms with E-state index in [0.29, 0.717) is 6.41 Å². The van der Waals surface area contributed by atoms with E-state index in [9.17, 15) is 4.79 Å². The highest BCUT2D eigenvalue weighted by atomic mass is 16.1. The first-order chi connectivity index (χ1) is 13.2. The van der Waals surface area contributed by atoms with Gasteiger partial charge in [0.25, 0.3) is 0 Å². The molecule has 0 fully saturated rings. The zero-order chi connectivity index (χ0) is 20.7. The molecule has 0 aliphatic carbocycles. The Kier molecular flexibility index (Phi) is 13.0. The Labute approximate surface area is 165 Å². The van der Waals surface area contributed by atoms with Crippen LogP contribution in [0.1, 0.15) is 46.6 Å². The number of amides is 1. The van der Waals surface area contributed by atoms with E-state index in [4.69, 9.17) is 0 Å². The largest absolute Gasteiger partial charge is 0.388 e. The number of carbonyl (C=O) groups excluding carboxylic acids is 1. The summed E-state index contributed by atoms with van der Waals surface area (Å²) in [4.78, 5) is 10.9. The van der Waals surface area contributed by atoms with Gasteiger partial charge in [0.2, 0.25) is 6.41 Å². The monoisotopic (exact) mass is 369 g/mol. The van der Waals surface area contributed by atoms with Crippen LogP contribution < -0.4 is 16.0 Å². The summed E-state index contributed by atoms with van der Waals surface area (Å²) in [6.45, 7) is 14.8. The van der Waals surface area contributed by atoms with Gasteiger partial charge in [-0.25, -0.2) is 0 Å². The molecular formula is C23H35N3O. The van der Waals surface area contributed by atoms with Gasteiger partial charge in [0.05, 0.1) is 11.4 Å². The average Bonchev–Trinajstić information content (AvgIpc) is 2.75. The predicted octanol–water partition coefficient (Wildman–Crippen LogP) is 6.48. The van der Waals surface area contributed by atoms with Gasteiger partial charge in [-0.3, -0.25) is 4.79 Å². The molecule has 27 heavy (non-hydrogen) atoms. The molecule has 2 aromatic carbocycles. The highest BCUT2D eigenvalue weighted by Crippen LogP contribution is 2.36. The molecule has 0 saturated carbocycles. The Balaban J connectivity index is 0.00000158. The molecule has 4 heteroatoms. The highest BCUT2D eigenvalue weighted by molar-refractivity contribution is 5.92. The van der Waals surface area contributed by atoms with E-state index >= 15 is 0 Å². The lowest BCUT2D eigenvalue weighted by Crippen LogP contribution is -2.06. The molecule has 0 aliphatic rings. The van der Waals surface area contributed by atoms with Crippen LogP contribution in [0, 0.1) is 0 Å². The summed E-state index contributed by atoms with van der Waals surface area (Å²) in [7, 11) is 1.89. The lowest BCUT2D eigenvalue weighted by Gasteiger charge is -2.17. The van der Waals surface area contributed by atoms with Crippen LogP contribution in [0.3, 0.4) is 0 Å². The van der Waals surface area contributed by atoms with Gasteiger partial charge < -0.3 is 16.0 Å². The van der Waals surface area contributed by atoms with E-state index < -0.39 is 0 Å². The van der Waals surface area contributed by atoms with Crippen LogP contribution >= 0.6 is 0 Å². The second-order valence-electron chi connectivity index (χ2n) is 5.17. The molecule has 0 unspecified atom stereocenters. The zero-order valence-electron chi connectivity index (χ0n) is 17.6. The molecule has 0 heterocycles. The Hall–Kier alpha value is -2.75. The average molecular weight is 370 g/mol. The Morgan fingerprint density at radius 3 is 2.30 bits per heavy atom. The van der Waals surface area contributed by atoms with Crippen molar-refractivity contribution in [3.05, 3.63) is 48.5 Å². The first kappa shape index (κ1) is 24.2. The Morgan fingerprint density at radius 2 is 1.74 bits per heavy atom. The molecule has 2 aromatic rings. The number of anilines is 3. The quantitative estimate of drug-likeness (QED) is 0.467. The lowest BCUT2D eigenvalue weighted by atomic mass is 9.99. The summed E-state index contributed by atoms with van der Waals surface area (Å²) in [5.41, 5.74) is 5.93. The van der Waals surface area contributed by atoms with Crippen molar-refractivity contribution in [2.45, 2.75) is 41.0 Å². The summed E-state index contributed by atoms with van der Waals surface area (Å²) in [5.74, 6) is 0. The van der Waals surface area contributed by atoms with E-state index in [0.717, 1.165) is 46.7 Å². The van der Waals surface area contributed by atoms with Crippen molar-refractivity contribution >= 4 is 29.5 Å². The van der Waals surface area contributed by atoms with E-state index in [1.165, 1.54) is 0 Å². The van der Waals surface area contributed by atoms with Crippen LogP contribution in [0.5, 0.6) is 0 Å². The summed E-state index contributed by atoms with van der Waals surface area (Å²) >= 11 is 0. The van der Waals surface area contributed by atoms with Gasteiger partial charge in [0.15, 0.2) is 0 Å². The van der Waals surface area contributed by atoms with Crippen molar-refractivity contribution in [2.75, 3.05) is 29.5 Å². The van der Waals surface area contributed by atoms with Crippen molar-refractivity contribution in [3.63, 3.8) is 0 Å². The Morgan fingerprint density at radius 1 is 1.04 bits per heavy atom. The second-order valence-corrected chi connectivity index (χ2v) is 5.17. The van der Waals surface area contributed by atoms with Crippen molar-refractivity contribution in [1.82, 2.24) is 0 Å². The minimum Gasteiger partial charge on any atom is -0.388 e. The zero-order valence-corrected chi connectivity index (χ0v) is 17.6.